The van der Waals surface area contributed by atoms with Gasteiger partial charge in [-0.15, -0.1) is 0 Å². The summed E-state index contributed by atoms with van der Waals surface area (Å²) in [7, 11) is 0. The van der Waals surface area contributed by atoms with Crippen LogP contribution in [-0.4, -0.2) is 22.3 Å². The van der Waals surface area contributed by atoms with E-state index in [9.17, 15) is 4.79 Å². The fourth-order valence-corrected chi connectivity index (χ4v) is 0.175. The van der Waals surface area contributed by atoms with Crippen LogP contribution in [0.25, 0.3) is 0 Å². The molecule has 0 amide bonds. The van der Waals surface area contributed by atoms with Gasteiger partial charge in [0.2, 0.25) is 0 Å². The van der Waals surface area contributed by atoms with Gasteiger partial charge < -0.3 is 11.6 Å². The van der Waals surface area contributed by atoms with Crippen LogP contribution in [0.3, 0.4) is 0 Å². The van der Waals surface area contributed by atoms with Crippen molar-refractivity contribution in [2.24, 2.45) is 0 Å². The molecule has 0 radical (unpaired) electrons. The number of aliphatic hydroxyl groups excluding tert-OH is 1. The molecule has 0 saturated carbocycles. The maximum Gasteiger partial charge on any atom is 1.00 e. The Balaban J connectivity index is -0.000000180. The summed E-state index contributed by atoms with van der Waals surface area (Å²) in [6.45, 7) is 1.61. The molecule has 3 nitrogen and oxygen atoms in total. The molecule has 1 atom stereocenters. The summed E-state index contributed by atoms with van der Waals surface area (Å²) < 4.78 is 0. The third kappa shape index (κ3) is 5.21. The van der Waals surface area contributed by atoms with Gasteiger partial charge in [0.1, 0.15) is 0 Å². The van der Waals surface area contributed by atoms with Gasteiger partial charge in [-0.1, -0.05) is 6.92 Å². The van der Waals surface area contributed by atoms with E-state index in [-0.39, 0.29) is 59.2 Å². The van der Waals surface area contributed by atoms with E-state index >= 15 is 0 Å². The quantitative estimate of drug-likeness (QED) is 0.405. The second-order valence-electron chi connectivity index (χ2n) is 1.26. The molecule has 1 unspecified atom stereocenters. The molecule has 8 heavy (non-hydrogen) atoms. The third-order valence-corrected chi connectivity index (χ3v) is 0.672. The van der Waals surface area contributed by atoms with Crippen LogP contribution < -0.4 is 51.4 Å². The molecule has 0 spiro atoms. The van der Waals surface area contributed by atoms with Gasteiger partial charge in [0.15, 0.2) is 6.10 Å². The number of hydrogen-bond donors (Lipinski definition) is 2. The Labute approximate surface area is 92.0 Å². The van der Waals surface area contributed by atoms with Crippen molar-refractivity contribution in [3.05, 3.63) is 0 Å². The summed E-state index contributed by atoms with van der Waals surface area (Å²) >= 11 is 0. The van der Waals surface area contributed by atoms with Crippen LogP contribution in [0, 0.1) is 0 Å². The van der Waals surface area contributed by atoms with Crippen LogP contribution >= 0.6 is 0 Å². The molecule has 0 aromatic carbocycles. The first-order valence-corrected chi connectivity index (χ1v) is 2.09. The van der Waals surface area contributed by atoms with Crippen molar-refractivity contribution in [1.29, 1.82) is 0 Å². The summed E-state index contributed by atoms with van der Waals surface area (Å²) in [5, 5.41) is 16.3. The van der Waals surface area contributed by atoms with E-state index in [2.05, 4.69) is 0 Å². The van der Waals surface area contributed by atoms with Gasteiger partial charge in [-0.3, -0.25) is 0 Å². The fraction of sp³-hybridized carbons (Fsp3) is 0.750. The van der Waals surface area contributed by atoms with Gasteiger partial charge >= 0.3 is 57.4 Å². The molecule has 0 bridgehead atoms. The maximum atomic E-state index is 9.68. The molecule has 0 aliphatic rings. The van der Waals surface area contributed by atoms with Gasteiger partial charge in [0.25, 0.3) is 0 Å². The summed E-state index contributed by atoms with van der Waals surface area (Å²) in [4.78, 5) is 9.68. The van der Waals surface area contributed by atoms with Crippen molar-refractivity contribution in [3.63, 3.8) is 0 Å². The summed E-state index contributed by atoms with van der Waals surface area (Å²) in [6, 6.07) is 0. The second kappa shape index (κ2) is 6.19. The van der Waals surface area contributed by atoms with Crippen LogP contribution in [0.15, 0.2) is 0 Å². The summed E-state index contributed by atoms with van der Waals surface area (Å²) in [5.74, 6) is -1.15. The van der Waals surface area contributed by atoms with Crippen LogP contribution in [0.1, 0.15) is 14.8 Å². The van der Waals surface area contributed by atoms with Crippen molar-refractivity contribution < 1.29 is 67.8 Å². The Kier molecular flexibility index (Phi) is 9.14. The first kappa shape index (κ1) is 11.8. The Morgan fingerprint density at radius 1 is 1.88 bits per heavy atom. The molecule has 0 aromatic rings. The normalized spacial score (nSPS) is 11.8. The average molecular weight is 144 g/mol. The smallest absolute Gasteiger partial charge is 1.00 e. The Morgan fingerprint density at radius 3 is 2.25 bits per heavy atom. The SMILES string of the molecule is CCC(O)C(=O)O.[H-].[K+]. The van der Waals surface area contributed by atoms with Crippen molar-refractivity contribution in [2.45, 2.75) is 19.4 Å². The second-order valence-corrected chi connectivity index (χ2v) is 1.26. The molecule has 0 aliphatic heterocycles. The molecule has 2 N–H and O–H groups in total. The first-order valence-electron chi connectivity index (χ1n) is 2.09. The van der Waals surface area contributed by atoms with Crippen molar-refractivity contribution in [3.8, 4) is 0 Å². The first-order chi connectivity index (χ1) is 3.18. The molecule has 0 aromatic heterocycles. The molecule has 0 heterocycles. The van der Waals surface area contributed by atoms with Crippen molar-refractivity contribution in [2.75, 3.05) is 0 Å². The number of aliphatic carboxylic acids is 1. The number of carboxylic acids is 1. The average Bonchev–Trinajstić information content (AvgIpc) is 1.65. The molecular formula is C4H9KO3. The van der Waals surface area contributed by atoms with Gasteiger partial charge in [0, 0.05) is 0 Å². The topological polar surface area (TPSA) is 57.5 Å². The number of aliphatic hydroxyl groups is 1. The maximum absolute atomic E-state index is 9.68. The zero-order chi connectivity index (χ0) is 5.86. The van der Waals surface area contributed by atoms with E-state index in [1.807, 2.05) is 0 Å². The van der Waals surface area contributed by atoms with Crippen molar-refractivity contribution >= 4 is 5.97 Å². The minimum atomic E-state index is -1.18. The molecule has 0 rings (SSSR count). The van der Waals surface area contributed by atoms with Crippen molar-refractivity contribution in [1.82, 2.24) is 0 Å². The zero-order valence-corrected chi connectivity index (χ0v) is 8.21. The number of hydrogen-bond acceptors (Lipinski definition) is 2. The minimum Gasteiger partial charge on any atom is -1.00 e. The van der Waals surface area contributed by atoms with E-state index in [4.69, 9.17) is 10.2 Å². The Bertz CT molecular complexity index is 78.2. The van der Waals surface area contributed by atoms with Gasteiger partial charge in [-0.2, -0.15) is 0 Å². The molecule has 0 saturated heterocycles. The van der Waals surface area contributed by atoms with E-state index < -0.39 is 12.1 Å². The van der Waals surface area contributed by atoms with Crippen LogP contribution in [0.2, 0.25) is 0 Å². The predicted octanol–water partition coefficient (Wildman–Crippen LogP) is -3.04. The van der Waals surface area contributed by atoms with Gasteiger partial charge in [-0.25, -0.2) is 4.79 Å². The van der Waals surface area contributed by atoms with Gasteiger partial charge in [0.05, 0.1) is 0 Å². The Hall–Kier alpha value is 1.07. The third-order valence-electron chi connectivity index (χ3n) is 0.672. The van der Waals surface area contributed by atoms with E-state index in [0.29, 0.717) is 0 Å². The molecule has 0 aliphatic carbocycles. The standard InChI is InChI=1S/C4H8O3.K.H/c1-2-3(5)4(6)7;;/h3,5H,2H2,1H3,(H,6,7);;/q;+1;-1. The minimum absolute atomic E-state index is 0. The molecule has 0 fully saturated rings. The molecule has 4 heteroatoms. The Morgan fingerprint density at radius 2 is 2.25 bits per heavy atom. The van der Waals surface area contributed by atoms with E-state index in [1.54, 1.807) is 6.92 Å². The summed E-state index contributed by atoms with van der Waals surface area (Å²) in [6.07, 6.45) is -0.907. The number of carboxylic acid groups (broad SMARTS) is 1. The molecular weight excluding hydrogens is 135 g/mol. The number of rotatable bonds is 2. The van der Waals surface area contributed by atoms with Crippen LogP contribution in [0.4, 0.5) is 0 Å². The van der Waals surface area contributed by atoms with E-state index in [0.717, 1.165) is 0 Å². The summed E-state index contributed by atoms with van der Waals surface area (Å²) in [5.41, 5.74) is 0. The van der Waals surface area contributed by atoms with E-state index in [1.165, 1.54) is 0 Å². The van der Waals surface area contributed by atoms with Crippen LogP contribution in [0.5, 0.6) is 0 Å². The fourth-order valence-electron chi connectivity index (χ4n) is 0.175. The molecule has 44 valence electrons. The zero-order valence-electron chi connectivity index (χ0n) is 6.09. The largest absolute Gasteiger partial charge is 1.00 e. The monoisotopic (exact) mass is 144 g/mol. The van der Waals surface area contributed by atoms with Gasteiger partial charge in [-0.05, 0) is 6.42 Å². The number of carbonyl (C=O) groups is 1. The predicted molar refractivity (Wildman–Crippen MR) is 25.0 cm³/mol. The van der Waals surface area contributed by atoms with Crippen LogP contribution in [-0.2, 0) is 4.79 Å².